The highest BCUT2D eigenvalue weighted by Gasteiger charge is 2.10. The summed E-state index contributed by atoms with van der Waals surface area (Å²) >= 11 is 4.62. The maximum atomic E-state index is 5.98. The molecule has 6 heteroatoms. The molecule has 30 heavy (non-hydrogen) atoms. The van der Waals surface area contributed by atoms with E-state index in [9.17, 15) is 0 Å². The summed E-state index contributed by atoms with van der Waals surface area (Å²) in [7, 11) is 0. The second kappa shape index (κ2) is 10.6. The second-order valence-corrected chi connectivity index (χ2v) is 9.39. The number of aliphatic imine (C=N–C) groups is 1. The fourth-order valence-electron chi connectivity index (χ4n) is 3.18. The first kappa shape index (κ1) is 21.6. The van der Waals surface area contributed by atoms with E-state index < -0.39 is 0 Å². The Kier molecular flexibility index (Phi) is 7.62. The number of halogens is 2. The van der Waals surface area contributed by atoms with E-state index in [0.717, 1.165) is 52.4 Å². The van der Waals surface area contributed by atoms with Crippen LogP contribution in [0.15, 0.2) is 71.7 Å². The average Bonchev–Trinajstić information content (AvgIpc) is 2.79. The number of hydrogen-bond acceptors (Lipinski definition) is 4. The van der Waals surface area contributed by atoms with E-state index >= 15 is 0 Å². The lowest BCUT2D eigenvalue weighted by Gasteiger charge is -2.28. The van der Waals surface area contributed by atoms with E-state index in [1.54, 1.807) is 0 Å². The van der Waals surface area contributed by atoms with Crippen molar-refractivity contribution in [1.29, 1.82) is 0 Å². The molecular formula is C24H22I2N2O2. The molecule has 0 unspecified atom stereocenters. The molecule has 0 aromatic heterocycles. The Bertz CT molecular complexity index is 999. The Morgan fingerprint density at radius 1 is 0.933 bits per heavy atom. The minimum Gasteiger partial charge on any atom is -0.488 e. The van der Waals surface area contributed by atoms with Crippen LogP contribution in [0.25, 0.3) is 0 Å². The smallest absolute Gasteiger partial charge is 0.133 e. The van der Waals surface area contributed by atoms with Gasteiger partial charge in [-0.3, -0.25) is 4.99 Å². The van der Waals surface area contributed by atoms with Crippen LogP contribution >= 0.6 is 45.2 Å². The van der Waals surface area contributed by atoms with E-state index in [1.807, 2.05) is 18.3 Å². The molecule has 0 saturated carbocycles. The number of nitrogens with zero attached hydrogens (tertiary/aromatic N) is 2. The minimum atomic E-state index is 0.565. The number of anilines is 1. The van der Waals surface area contributed by atoms with Gasteiger partial charge in [0.15, 0.2) is 0 Å². The van der Waals surface area contributed by atoms with Crippen LogP contribution in [0.4, 0.5) is 11.4 Å². The third-order valence-corrected chi connectivity index (χ3v) is 6.41. The number of ether oxygens (including phenoxy) is 2. The summed E-state index contributed by atoms with van der Waals surface area (Å²) in [4.78, 5) is 6.96. The van der Waals surface area contributed by atoms with Crippen molar-refractivity contribution in [2.24, 2.45) is 4.99 Å². The van der Waals surface area contributed by atoms with Gasteiger partial charge in [-0.05, 0) is 111 Å². The lowest BCUT2D eigenvalue weighted by Crippen LogP contribution is -2.36. The predicted octanol–water partition coefficient (Wildman–Crippen LogP) is 6.06. The summed E-state index contributed by atoms with van der Waals surface area (Å²) in [6.07, 6.45) is 1.90. The topological polar surface area (TPSA) is 34.1 Å². The van der Waals surface area contributed by atoms with Crippen molar-refractivity contribution in [2.45, 2.75) is 6.61 Å². The zero-order valence-electron chi connectivity index (χ0n) is 16.4. The summed E-state index contributed by atoms with van der Waals surface area (Å²) in [5.74, 6) is 0.890. The van der Waals surface area contributed by atoms with Gasteiger partial charge >= 0.3 is 0 Å². The van der Waals surface area contributed by atoms with Crippen LogP contribution in [0.3, 0.4) is 0 Å². The molecule has 3 aromatic rings. The molecule has 4 rings (SSSR count). The van der Waals surface area contributed by atoms with Crippen LogP contribution in [-0.4, -0.2) is 32.5 Å². The maximum Gasteiger partial charge on any atom is 0.133 e. The molecule has 1 aliphatic rings. The van der Waals surface area contributed by atoms with Crippen LogP contribution in [-0.2, 0) is 11.3 Å². The summed E-state index contributed by atoms with van der Waals surface area (Å²) in [6, 6.07) is 22.9. The third-order valence-electron chi connectivity index (χ3n) is 4.85. The Balaban J connectivity index is 1.36. The fourth-order valence-corrected chi connectivity index (χ4v) is 4.23. The highest BCUT2D eigenvalue weighted by molar-refractivity contribution is 14.1. The van der Waals surface area contributed by atoms with Gasteiger partial charge in [0.25, 0.3) is 0 Å². The average molecular weight is 624 g/mol. The monoisotopic (exact) mass is 624 g/mol. The molecule has 4 nitrogen and oxygen atoms in total. The van der Waals surface area contributed by atoms with Gasteiger partial charge in [-0.15, -0.1) is 0 Å². The van der Waals surface area contributed by atoms with Crippen molar-refractivity contribution in [3.63, 3.8) is 0 Å². The van der Waals surface area contributed by atoms with Crippen LogP contribution in [0, 0.1) is 7.14 Å². The quantitative estimate of drug-likeness (QED) is 0.247. The molecule has 0 amide bonds. The van der Waals surface area contributed by atoms with Gasteiger partial charge in [0.2, 0.25) is 0 Å². The molecule has 0 atom stereocenters. The second-order valence-electron chi connectivity index (χ2n) is 6.98. The Labute approximate surface area is 204 Å². The van der Waals surface area contributed by atoms with Crippen molar-refractivity contribution in [3.8, 4) is 5.75 Å². The van der Waals surface area contributed by atoms with E-state index in [2.05, 4.69) is 110 Å². The summed E-state index contributed by atoms with van der Waals surface area (Å²) < 4.78 is 13.7. The first-order chi connectivity index (χ1) is 14.7. The van der Waals surface area contributed by atoms with E-state index in [4.69, 9.17) is 9.47 Å². The molecular weight excluding hydrogens is 602 g/mol. The molecule has 0 bridgehead atoms. The zero-order chi connectivity index (χ0) is 20.8. The summed E-state index contributed by atoms with van der Waals surface area (Å²) in [5, 5.41) is 0. The predicted molar refractivity (Wildman–Crippen MR) is 139 cm³/mol. The Morgan fingerprint density at radius 3 is 2.37 bits per heavy atom. The molecule has 0 N–H and O–H groups in total. The van der Waals surface area contributed by atoms with Crippen molar-refractivity contribution >= 4 is 62.8 Å². The lowest BCUT2D eigenvalue weighted by atomic mass is 10.2. The standard InChI is InChI=1S/C24H22I2N2O2/c25-20-4-1-18(2-5-20)17-30-24-10-3-19(15-23(24)26)16-27-21-6-8-22(9-7-21)28-11-13-29-14-12-28/h1-10,15-16H,11-14,17H2. The molecule has 0 radical (unpaired) electrons. The number of morpholine rings is 1. The summed E-state index contributed by atoms with van der Waals surface area (Å²) in [5.41, 5.74) is 4.39. The van der Waals surface area contributed by atoms with Gasteiger partial charge in [-0.1, -0.05) is 12.1 Å². The van der Waals surface area contributed by atoms with Gasteiger partial charge in [-0.25, -0.2) is 0 Å². The number of benzene rings is 3. The molecule has 154 valence electrons. The van der Waals surface area contributed by atoms with Crippen molar-refractivity contribution in [1.82, 2.24) is 0 Å². The normalized spacial score (nSPS) is 14.3. The van der Waals surface area contributed by atoms with Crippen molar-refractivity contribution in [3.05, 3.63) is 85.0 Å². The first-order valence-electron chi connectivity index (χ1n) is 9.81. The van der Waals surface area contributed by atoms with Gasteiger partial charge in [0.05, 0.1) is 22.5 Å². The minimum absolute atomic E-state index is 0.565. The van der Waals surface area contributed by atoms with Crippen LogP contribution in [0.1, 0.15) is 11.1 Å². The lowest BCUT2D eigenvalue weighted by molar-refractivity contribution is 0.122. The van der Waals surface area contributed by atoms with Gasteiger partial charge in [0, 0.05) is 28.6 Å². The van der Waals surface area contributed by atoms with Gasteiger partial charge in [-0.2, -0.15) is 0 Å². The van der Waals surface area contributed by atoms with Crippen LogP contribution in [0.2, 0.25) is 0 Å². The molecule has 1 heterocycles. The van der Waals surface area contributed by atoms with Crippen LogP contribution < -0.4 is 9.64 Å². The Hall–Kier alpha value is -1.65. The van der Waals surface area contributed by atoms with E-state index in [-0.39, 0.29) is 0 Å². The molecule has 3 aromatic carbocycles. The molecule has 1 fully saturated rings. The summed E-state index contributed by atoms with van der Waals surface area (Å²) in [6.45, 7) is 4.04. The third kappa shape index (κ3) is 5.95. The van der Waals surface area contributed by atoms with Gasteiger partial charge in [0.1, 0.15) is 12.4 Å². The SMILES string of the molecule is Ic1ccc(COc2ccc(C=Nc3ccc(N4CCOCC4)cc3)cc2I)cc1. The largest absolute Gasteiger partial charge is 0.488 e. The van der Waals surface area contributed by atoms with Crippen molar-refractivity contribution < 1.29 is 9.47 Å². The number of hydrogen-bond donors (Lipinski definition) is 0. The molecule has 1 saturated heterocycles. The fraction of sp³-hybridized carbons (Fsp3) is 0.208. The van der Waals surface area contributed by atoms with Gasteiger partial charge < -0.3 is 14.4 Å². The maximum absolute atomic E-state index is 5.98. The van der Waals surface area contributed by atoms with Crippen molar-refractivity contribution in [2.75, 3.05) is 31.2 Å². The van der Waals surface area contributed by atoms with E-state index in [0.29, 0.717) is 6.61 Å². The first-order valence-corrected chi connectivity index (χ1v) is 12.0. The molecule has 1 aliphatic heterocycles. The highest BCUT2D eigenvalue weighted by atomic mass is 127. The highest BCUT2D eigenvalue weighted by Crippen LogP contribution is 2.24. The molecule has 0 aliphatic carbocycles. The zero-order valence-corrected chi connectivity index (χ0v) is 20.7. The Morgan fingerprint density at radius 2 is 1.67 bits per heavy atom. The number of rotatable bonds is 6. The molecule has 0 spiro atoms. The van der Waals surface area contributed by atoms with E-state index in [1.165, 1.54) is 9.26 Å². The van der Waals surface area contributed by atoms with Crippen LogP contribution in [0.5, 0.6) is 5.75 Å².